The van der Waals surface area contributed by atoms with Gasteiger partial charge in [-0.3, -0.25) is 14.4 Å². The minimum atomic E-state index is -1.52. The predicted molar refractivity (Wildman–Crippen MR) is 135 cm³/mol. The molecule has 2 aromatic carbocycles. The summed E-state index contributed by atoms with van der Waals surface area (Å²) in [5.41, 5.74) is 3.78. The van der Waals surface area contributed by atoms with Crippen molar-refractivity contribution in [3.05, 3.63) is 63.7 Å². The number of nitrogens with one attached hydrogen (secondary N) is 3. The second-order valence-electron chi connectivity index (χ2n) is 9.58. The molecule has 0 unspecified atom stereocenters. The van der Waals surface area contributed by atoms with Crippen LogP contribution in [0.3, 0.4) is 0 Å². The smallest absolute Gasteiger partial charge is 0.309 e. The summed E-state index contributed by atoms with van der Waals surface area (Å²) >= 11 is 6.59. The molecule has 36 heavy (non-hydrogen) atoms. The van der Waals surface area contributed by atoms with Crippen molar-refractivity contribution in [1.29, 1.82) is 0 Å². The third-order valence-corrected chi connectivity index (χ3v) is 7.36. The Morgan fingerprint density at radius 1 is 1.00 bits per heavy atom. The second kappa shape index (κ2) is 10.5. The van der Waals surface area contributed by atoms with E-state index in [1.165, 1.54) is 12.8 Å². The van der Waals surface area contributed by atoms with E-state index >= 15 is 0 Å². The van der Waals surface area contributed by atoms with Gasteiger partial charge in [0.25, 0.3) is 11.7 Å². The second-order valence-corrected chi connectivity index (χ2v) is 9.99. The fraction of sp³-hybridized carbons (Fsp3) is 0.444. The summed E-state index contributed by atoms with van der Waals surface area (Å²) in [6, 6.07) is 11.3. The highest BCUT2D eigenvalue weighted by molar-refractivity contribution is 6.33. The van der Waals surface area contributed by atoms with Gasteiger partial charge in [-0.2, -0.15) is 0 Å². The number of carbonyl (C=O) groups is 3. The van der Waals surface area contributed by atoms with Gasteiger partial charge >= 0.3 is 11.9 Å². The van der Waals surface area contributed by atoms with E-state index in [1.807, 2.05) is 24.3 Å². The van der Waals surface area contributed by atoms with Gasteiger partial charge in [-0.05, 0) is 61.2 Å². The molecular weight excluding hydrogens is 482 g/mol. The number of carbonyl (C=O) groups excluding carboxylic acids is 3. The Bertz CT molecular complexity index is 1140. The van der Waals surface area contributed by atoms with Crippen molar-refractivity contribution in [2.24, 2.45) is 0 Å². The molecule has 9 heteroatoms. The minimum absolute atomic E-state index is 0.0106. The quantitative estimate of drug-likeness (QED) is 0.524. The maximum Gasteiger partial charge on any atom is 0.309 e. The zero-order chi connectivity index (χ0) is 25.1. The van der Waals surface area contributed by atoms with E-state index in [9.17, 15) is 14.4 Å². The zero-order valence-electron chi connectivity index (χ0n) is 20.0. The number of amides is 1. The molecule has 1 aliphatic carbocycles. The van der Waals surface area contributed by atoms with Crippen LogP contribution in [0.4, 0.5) is 5.69 Å². The fourth-order valence-electron chi connectivity index (χ4n) is 5.17. The molecule has 1 amide bonds. The van der Waals surface area contributed by atoms with Crippen LogP contribution in [0.15, 0.2) is 36.4 Å². The molecule has 1 saturated carbocycles. The monoisotopic (exact) mass is 511 g/mol. The van der Waals surface area contributed by atoms with Crippen LogP contribution in [0, 0.1) is 0 Å². The number of benzene rings is 2. The van der Waals surface area contributed by atoms with Gasteiger partial charge in [0.15, 0.2) is 0 Å². The molecule has 1 spiro atoms. The predicted octanol–water partition coefficient (Wildman–Crippen LogP) is 3.80. The van der Waals surface area contributed by atoms with Gasteiger partial charge in [-0.1, -0.05) is 36.6 Å². The molecule has 190 valence electrons. The molecule has 0 atom stereocenters. The number of hydrogen-bond acceptors (Lipinski definition) is 7. The van der Waals surface area contributed by atoms with Crippen molar-refractivity contribution in [3.63, 3.8) is 0 Å². The number of fused-ring (bicyclic) bond motifs is 2. The Kier molecular flexibility index (Phi) is 7.16. The molecule has 0 bridgehead atoms. The van der Waals surface area contributed by atoms with Crippen molar-refractivity contribution < 1.29 is 23.9 Å². The lowest BCUT2D eigenvalue weighted by atomic mass is 9.96. The average molecular weight is 512 g/mol. The highest BCUT2D eigenvalue weighted by Crippen LogP contribution is 2.40. The van der Waals surface area contributed by atoms with Gasteiger partial charge in [0.05, 0.1) is 30.1 Å². The summed E-state index contributed by atoms with van der Waals surface area (Å²) in [7, 11) is 0. The maximum atomic E-state index is 12.5. The Morgan fingerprint density at radius 2 is 1.69 bits per heavy atom. The first-order chi connectivity index (χ1) is 17.4. The topological polar surface area (TPSA) is 106 Å². The van der Waals surface area contributed by atoms with Gasteiger partial charge in [0.1, 0.15) is 0 Å². The third-order valence-electron chi connectivity index (χ3n) is 7.05. The first kappa shape index (κ1) is 24.6. The van der Waals surface area contributed by atoms with Crippen LogP contribution < -0.4 is 16.0 Å². The molecule has 3 N–H and O–H groups in total. The molecule has 3 aliphatic rings. The molecule has 5 rings (SSSR count). The highest BCUT2D eigenvalue weighted by Gasteiger charge is 2.46. The van der Waals surface area contributed by atoms with Crippen molar-refractivity contribution in [1.82, 2.24) is 10.6 Å². The SMILES string of the molecule is O=C1CCC(=O)OC2(CNCCc3c2ccc(Cl)c3NCc2ccc(C(=O)NC3CCCC3)cc2)O1. The van der Waals surface area contributed by atoms with E-state index in [2.05, 4.69) is 16.0 Å². The van der Waals surface area contributed by atoms with Gasteiger partial charge < -0.3 is 25.4 Å². The maximum absolute atomic E-state index is 12.5. The number of anilines is 1. The molecule has 2 fully saturated rings. The van der Waals surface area contributed by atoms with Gasteiger partial charge in [-0.15, -0.1) is 0 Å². The Hall–Kier alpha value is -3.10. The summed E-state index contributed by atoms with van der Waals surface area (Å²) in [5.74, 6) is -2.51. The molecular formula is C27H30ClN3O5. The number of halogens is 1. The lowest BCUT2D eigenvalue weighted by molar-refractivity contribution is -0.225. The molecule has 2 heterocycles. The largest absolute Gasteiger partial charge is 0.416 e. The van der Waals surface area contributed by atoms with Crippen molar-refractivity contribution in [2.45, 2.75) is 63.3 Å². The number of ether oxygens (including phenoxy) is 2. The fourth-order valence-corrected chi connectivity index (χ4v) is 5.41. The van der Waals surface area contributed by atoms with Crippen LogP contribution in [0.25, 0.3) is 0 Å². The lowest BCUT2D eigenvalue weighted by Gasteiger charge is -2.32. The minimum Gasteiger partial charge on any atom is -0.416 e. The van der Waals surface area contributed by atoms with Gasteiger partial charge in [-0.25, -0.2) is 0 Å². The van der Waals surface area contributed by atoms with Crippen LogP contribution in [-0.2, 0) is 37.8 Å². The van der Waals surface area contributed by atoms with Gasteiger partial charge in [0.2, 0.25) is 0 Å². The number of rotatable bonds is 5. The normalized spacial score (nSPS) is 19.6. The zero-order valence-corrected chi connectivity index (χ0v) is 20.8. The van der Waals surface area contributed by atoms with Crippen molar-refractivity contribution in [2.75, 3.05) is 18.4 Å². The molecule has 0 aromatic heterocycles. The summed E-state index contributed by atoms with van der Waals surface area (Å²) in [5, 5.41) is 10.3. The van der Waals surface area contributed by atoms with Gasteiger partial charge in [0, 0.05) is 23.7 Å². The third kappa shape index (κ3) is 5.20. The van der Waals surface area contributed by atoms with Crippen LogP contribution in [-0.4, -0.2) is 37.0 Å². The van der Waals surface area contributed by atoms with Crippen molar-refractivity contribution >= 4 is 35.1 Å². The Balaban J connectivity index is 1.35. The highest BCUT2D eigenvalue weighted by atomic mass is 35.5. The summed E-state index contributed by atoms with van der Waals surface area (Å²) < 4.78 is 11.4. The van der Waals surface area contributed by atoms with E-state index in [1.54, 1.807) is 12.1 Å². The molecule has 8 nitrogen and oxygen atoms in total. The number of esters is 2. The first-order valence-electron chi connectivity index (χ1n) is 12.5. The number of hydrogen-bond donors (Lipinski definition) is 3. The van der Waals surface area contributed by atoms with Crippen LogP contribution in [0.5, 0.6) is 0 Å². The standard InChI is InChI=1S/C27H30ClN3O5/c28-22-10-9-21-20(13-14-29-16-27(21)35-23(32)11-12-24(33)36-27)25(22)30-15-17-5-7-18(8-6-17)26(34)31-19-3-1-2-4-19/h5-10,19,29-30H,1-4,11-16H2,(H,31,34). The van der Waals surface area contributed by atoms with Crippen molar-refractivity contribution in [3.8, 4) is 0 Å². The summed E-state index contributed by atoms with van der Waals surface area (Å²) in [6.07, 6.45) is 5.02. The lowest BCUT2D eigenvalue weighted by Crippen LogP contribution is -2.43. The van der Waals surface area contributed by atoms with E-state index < -0.39 is 17.7 Å². The molecule has 2 aromatic rings. The summed E-state index contributed by atoms with van der Waals surface area (Å²) in [4.78, 5) is 37.1. The van der Waals surface area contributed by atoms with E-state index in [4.69, 9.17) is 21.1 Å². The van der Waals surface area contributed by atoms with E-state index in [0.29, 0.717) is 41.3 Å². The van der Waals surface area contributed by atoms with E-state index in [-0.39, 0.29) is 31.3 Å². The average Bonchev–Trinajstić information content (AvgIpc) is 3.25. The molecule has 1 saturated heterocycles. The first-order valence-corrected chi connectivity index (χ1v) is 12.9. The molecule has 2 aliphatic heterocycles. The van der Waals surface area contributed by atoms with Crippen LogP contribution >= 0.6 is 11.6 Å². The Labute approximate surface area is 215 Å². The van der Waals surface area contributed by atoms with E-state index in [0.717, 1.165) is 24.0 Å². The molecule has 0 radical (unpaired) electrons. The van der Waals surface area contributed by atoms with Crippen LogP contribution in [0.1, 0.15) is 65.6 Å². The van der Waals surface area contributed by atoms with Crippen LogP contribution in [0.2, 0.25) is 5.02 Å². The summed E-state index contributed by atoms with van der Waals surface area (Å²) in [6.45, 7) is 1.24. The Morgan fingerprint density at radius 3 is 2.39 bits per heavy atom.